The first-order chi connectivity index (χ1) is 6.08. The molecule has 86 valence electrons. The second kappa shape index (κ2) is 4.26. The van der Waals surface area contributed by atoms with Crippen molar-refractivity contribution in [1.29, 1.82) is 0 Å². The minimum atomic E-state index is -5.84. The van der Waals surface area contributed by atoms with Gasteiger partial charge in [0.15, 0.2) is 0 Å². The van der Waals surface area contributed by atoms with Crippen molar-refractivity contribution >= 4 is 0 Å². The minimum absolute atomic E-state index is 2.13. The van der Waals surface area contributed by atoms with Crippen molar-refractivity contribution in [3.63, 3.8) is 0 Å². The average molecular weight is 234 g/mol. The Morgan fingerprint density at radius 3 is 1.00 bits per heavy atom. The van der Waals surface area contributed by atoms with Crippen LogP contribution in [0.25, 0.3) is 0 Å². The first-order valence-electron chi connectivity index (χ1n) is 2.76. The molecule has 0 radical (unpaired) electrons. The van der Waals surface area contributed by atoms with Crippen LogP contribution in [0.15, 0.2) is 0 Å². The van der Waals surface area contributed by atoms with Gasteiger partial charge in [0.1, 0.15) is 0 Å². The van der Waals surface area contributed by atoms with Gasteiger partial charge in [-0.1, -0.05) is 0 Å². The lowest BCUT2D eigenvalue weighted by Crippen LogP contribution is -2.46. The van der Waals surface area contributed by atoms with Crippen LogP contribution in [0.5, 0.6) is 0 Å². The molecule has 0 aliphatic heterocycles. The quantitative estimate of drug-likeness (QED) is 0.680. The number of ether oxygens (including phenoxy) is 2. The van der Waals surface area contributed by atoms with Crippen LogP contribution in [-0.4, -0.2) is 25.4 Å². The summed E-state index contributed by atoms with van der Waals surface area (Å²) in [5.41, 5.74) is 0. The first-order valence-corrected chi connectivity index (χ1v) is 2.76. The molecule has 0 aromatic carbocycles. The second-order valence-electron chi connectivity index (χ2n) is 1.79. The van der Waals surface area contributed by atoms with E-state index in [1.807, 2.05) is 0 Å². The molecule has 0 heterocycles. The Morgan fingerprint density at radius 2 is 0.857 bits per heavy atom. The molecule has 0 fully saturated rings. The summed E-state index contributed by atoms with van der Waals surface area (Å²) in [6, 6.07) is 0. The number of alkyl halides is 8. The molecule has 0 N–H and O–H groups in total. The van der Waals surface area contributed by atoms with Gasteiger partial charge < -0.3 is 0 Å². The van der Waals surface area contributed by atoms with Gasteiger partial charge in [0.05, 0.1) is 0 Å². The summed E-state index contributed by atoms with van der Waals surface area (Å²) in [5.74, 6) is 0. The molecule has 14 heavy (non-hydrogen) atoms. The zero-order valence-electron chi connectivity index (χ0n) is 5.99. The summed E-state index contributed by atoms with van der Waals surface area (Å²) in [6.45, 7) is -8.51. The van der Waals surface area contributed by atoms with Crippen LogP contribution in [0.3, 0.4) is 0 Å². The van der Waals surface area contributed by atoms with Crippen LogP contribution < -0.4 is 0 Å². The van der Waals surface area contributed by atoms with E-state index in [1.165, 1.54) is 0 Å². The van der Waals surface area contributed by atoms with Crippen LogP contribution in [0.1, 0.15) is 0 Å². The van der Waals surface area contributed by atoms with E-state index < -0.39 is 25.4 Å². The maximum absolute atomic E-state index is 11.9. The summed E-state index contributed by atoms with van der Waals surface area (Å²) in [4.78, 5) is 0. The van der Waals surface area contributed by atoms with Gasteiger partial charge in [-0.05, 0) is 0 Å². The van der Waals surface area contributed by atoms with Gasteiger partial charge in [-0.3, -0.25) is 9.47 Å². The number of hydrogen-bond acceptors (Lipinski definition) is 2. The standard InChI is InChI=1S/C4H2F8O2/c5-1(6)13-3(9,10)4(11,12)14-2(7)8/h1-2H. The van der Waals surface area contributed by atoms with E-state index in [2.05, 4.69) is 9.47 Å². The molecule has 0 amide bonds. The lowest BCUT2D eigenvalue weighted by molar-refractivity contribution is -0.478. The van der Waals surface area contributed by atoms with E-state index in [-0.39, 0.29) is 0 Å². The summed E-state index contributed by atoms with van der Waals surface area (Å²) in [6.07, 6.45) is -11.7. The van der Waals surface area contributed by atoms with Crippen molar-refractivity contribution in [2.75, 3.05) is 0 Å². The number of hydrogen-bond donors (Lipinski definition) is 0. The van der Waals surface area contributed by atoms with Gasteiger partial charge >= 0.3 is 25.4 Å². The second-order valence-corrected chi connectivity index (χ2v) is 1.79. The fourth-order valence-corrected chi connectivity index (χ4v) is 0.361. The maximum atomic E-state index is 11.9. The van der Waals surface area contributed by atoms with Gasteiger partial charge in [-0.25, -0.2) is 0 Å². The van der Waals surface area contributed by atoms with E-state index in [4.69, 9.17) is 0 Å². The Bertz CT molecular complexity index is 160. The van der Waals surface area contributed by atoms with Crippen molar-refractivity contribution in [3.8, 4) is 0 Å². The zero-order chi connectivity index (χ0) is 11.6. The molecule has 0 saturated heterocycles. The van der Waals surface area contributed by atoms with Crippen LogP contribution >= 0.6 is 0 Å². The van der Waals surface area contributed by atoms with E-state index in [9.17, 15) is 35.1 Å². The van der Waals surface area contributed by atoms with E-state index in [0.29, 0.717) is 0 Å². The van der Waals surface area contributed by atoms with Crippen molar-refractivity contribution in [3.05, 3.63) is 0 Å². The third kappa shape index (κ3) is 3.62. The molecule has 0 atom stereocenters. The largest absolute Gasteiger partial charge is 0.452 e. The minimum Gasteiger partial charge on any atom is -0.251 e. The molecule has 0 aromatic rings. The molecule has 0 unspecified atom stereocenters. The van der Waals surface area contributed by atoms with Gasteiger partial charge in [-0.2, -0.15) is 35.1 Å². The molecule has 0 saturated carbocycles. The fourth-order valence-electron chi connectivity index (χ4n) is 0.361. The Morgan fingerprint density at radius 1 is 0.643 bits per heavy atom. The summed E-state index contributed by atoms with van der Waals surface area (Å²) in [7, 11) is 0. The predicted octanol–water partition coefficient (Wildman–Crippen LogP) is 2.65. The van der Waals surface area contributed by atoms with E-state index >= 15 is 0 Å². The highest BCUT2D eigenvalue weighted by Crippen LogP contribution is 2.38. The van der Waals surface area contributed by atoms with Crippen LogP contribution in [0.2, 0.25) is 0 Å². The Balaban J connectivity index is 4.51. The lowest BCUT2D eigenvalue weighted by atomic mass is 10.6. The topological polar surface area (TPSA) is 18.5 Å². The fraction of sp³-hybridized carbons (Fsp3) is 1.00. The number of rotatable bonds is 5. The molecule has 0 aliphatic carbocycles. The molecular formula is C4H2F8O2. The Hall–Kier alpha value is -0.640. The first kappa shape index (κ1) is 13.4. The van der Waals surface area contributed by atoms with Crippen molar-refractivity contribution < 1.29 is 44.6 Å². The normalized spacial score (nSPS) is 14.1. The highest BCUT2D eigenvalue weighted by molar-refractivity contribution is 4.65. The number of halogens is 8. The predicted molar refractivity (Wildman–Crippen MR) is 24.1 cm³/mol. The maximum Gasteiger partial charge on any atom is 0.452 e. The Kier molecular flexibility index (Phi) is 4.06. The molecule has 0 aromatic heterocycles. The highest BCUT2D eigenvalue weighted by atomic mass is 19.3. The SMILES string of the molecule is FC(F)OC(F)(F)C(F)(F)OC(F)F. The molecule has 2 nitrogen and oxygen atoms in total. The van der Waals surface area contributed by atoms with Crippen LogP contribution in [0.4, 0.5) is 35.1 Å². The third-order valence-electron chi connectivity index (χ3n) is 0.813. The van der Waals surface area contributed by atoms with Crippen molar-refractivity contribution in [2.24, 2.45) is 0 Å². The van der Waals surface area contributed by atoms with E-state index in [1.54, 1.807) is 0 Å². The summed E-state index contributed by atoms with van der Waals surface area (Å²) in [5, 5.41) is 0. The molecule has 10 heteroatoms. The lowest BCUT2D eigenvalue weighted by Gasteiger charge is -2.24. The molecule has 0 bridgehead atoms. The van der Waals surface area contributed by atoms with Gasteiger partial charge in [0, 0.05) is 0 Å². The monoisotopic (exact) mass is 234 g/mol. The van der Waals surface area contributed by atoms with Crippen LogP contribution in [-0.2, 0) is 9.47 Å². The smallest absolute Gasteiger partial charge is 0.251 e. The molecule has 0 spiro atoms. The molecule has 0 aliphatic rings. The van der Waals surface area contributed by atoms with Gasteiger partial charge in [-0.15, -0.1) is 0 Å². The summed E-state index contributed by atoms with van der Waals surface area (Å²) < 4.78 is 96.3. The van der Waals surface area contributed by atoms with E-state index in [0.717, 1.165) is 0 Å². The zero-order valence-corrected chi connectivity index (χ0v) is 5.99. The summed E-state index contributed by atoms with van der Waals surface area (Å²) >= 11 is 0. The molecular weight excluding hydrogens is 232 g/mol. The van der Waals surface area contributed by atoms with Gasteiger partial charge in [0.2, 0.25) is 0 Å². The Labute approximate surface area is 71.4 Å². The van der Waals surface area contributed by atoms with Crippen LogP contribution in [0, 0.1) is 0 Å². The van der Waals surface area contributed by atoms with Crippen molar-refractivity contribution in [2.45, 2.75) is 25.4 Å². The molecule has 0 rings (SSSR count). The average Bonchev–Trinajstić information content (AvgIpc) is 1.78. The van der Waals surface area contributed by atoms with Crippen molar-refractivity contribution in [1.82, 2.24) is 0 Å². The van der Waals surface area contributed by atoms with Gasteiger partial charge in [0.25, 0.3) is 0 Å². The third-order valence-corrected chi connectivity index (χ3v) is 0.813. The highest BCUT2D eigenvalue weighted by Gasteiger charge is 2.63.